The van der Waals surface area contributed by atoms with Crippen LogP contribution in [-0.4, -0.2) is 32.9 Å². The van der Waals surface area contributed by atoms with Gasteiger partial charge in [-0.1, -0.05) is 5.57 Å². The molecule has 0 amide bonds. The second kappa shape index (κ2) is 5.44. The largest absolute Gasteiger partial charge is 0.508 e. The van der Waals surface area contributed by atoms with E-state index in [2.05, 4.69) is 5.32 Å². The maximum absolute atomic E-state index is 11.2. The topological polar surface area (TPSA) is 89.8 Å². The summed E-state index contributed by atoms with van der Waals surface area (Å²) in [6.45, 7) is 5.71. The molecule has 0 saturated heterocycles. The van der Waals surface area contributed by atoms with Gasteiger partial charge in [-0.25, -0.2) is 0 Å². The number of aliphatic carboxylic acids is 1. The average Bonchev–Trinajstić information content (AvgIpc) is 2.20. The maximum atomic E-state index is 11.2. The predicted molar refractivity (Wildman–Crippen MR) is 68.5 cm³/mol. The molecule has 1 rings (SSSR count). The molecule has 0 aromatic rings. The van der Waals surface area contributed by atoms with E-state index in [0.717, 1.165) is 5.57 Å². The zero-order valence-corrected chi connectivity index (χ0v) is 11.0. The summed E-state index contributed by atoms with van der Waals surface area (Å²) in [4.78, 5) is 11.2. The fourth-order valence-corrected chi connectivity index (χ4v) is 1.90. The first-order valence-electron chi connectivity index (χ1n) is 6.00. The highest BCUT2D eigenvalue weighted by molar-refractivity contribution is 5.74. The minimum Gasteiger partial charge on any atom is -0.508 e. The van der Waals surface area contributed by atoms with Gasteiger partial charge in [-0.05, 0) is 39.7 Å². The van der Waals surface area contributed by atoms with Crippen molar-refractivity contribution < 1.29 is 20.1 Å². The number of carbonyl (C=O) groups is 1. The average molecular weight is 255 g/mol. The van der Waals surface area contributed by atoms with E-state index in [-0.39, 0.29) is 17.1 Å². The molecule has 4 N–H and O–H groups in total. The summed E-state index contributed by atoms with van der Waals surface area (Å²) in [5.74, 6) is -1.10. The summed E-state index contributed by atoms with van der Waals surface area (Å²) >= 11 is 0. The van der Waals surface area contributed by atoms with Crippen LogP contribution in [0.2, 0.25) is 0 Å². The highest BCUT2D eigenvalue weighted by Crippen LogP contribution is 2.24. The van der Waals surface area contributed by atoms with Crippen molar-refractivity contribution in [3.05, 3.63) is 23.2 Å². The molecule has 1 aliphatic carbocycles. The predicted octanol–water partition coefficient (Wildman–Crippen LogP) is 2.27. The van der Waals surface area contributed by atoms with Crippen molar-refractivity contribution >= 4 is 5.97 Å². The standard InChI is InChI=1S/C13H21NO4/c1-13(2,3)14-9(12(17)18)6-8-4-5-10(15)11(16)7-8/h7,9,14-16H,4-6H2,1-3H3,(H,17,18)/t9-/m0/s1. The van der Waals surface area contributed by atoms with E-state index in [1.165, 1.54) is 6.08 Å². The third kappa shape index (κ3) is 4.41. The third-order valence-electron chi connectivity index (χ3n) is 2.69. The van der Waals surface area contributed by atoms with Crippen LogP contribution in [0.3, 0.4) is 0 Å². The number of allylic oxidation sites excluding steroid dienone is 2. The van der Waals surface area contributed by atoms with Crippen molar-refractivity contribution in [2.24, 2.45) is 0 Å². The van der Waals surface area contributed by atoms with Crippen LogP contribution in [0.4, 0.5) is 0 Å². The summed E-state index contributed by atoms with van der Waals surface area (Å²) in [7, 11) is 0. The molecule has 0 aromatic carbocycles. The van der Waals surface area contributed by atoms with Gasteiger partial charge in [0.25, 0.3) is 0 Å². The van der Waals surface area contributed by atoms with Gasteiger partial charge in [0.15, 0.2) is 5.76 Å². The molecule has 5 nitrogen and oxygen atoms in total. The van der Waals surface area contributed by atoms with Crippen molar-refractivity contribution in [1.29, 1.82) is 0 Å². The van der Waals surface area contributed by atoms with Crippen molar-refractivity contribution in [3.63, 3.8) is 0 Å². The van der Waals surface area contributed by atoms with Gasteiger partial charge in [0, 0.05) is 12.0 Å². The minimum atomic E-state index is -0.913. The Morgan fingerprint density at radius 2 is 2.00 bits per heavy atom. The zero-order valence-electron chi connectivity index (χ0n) is 11.0. The normalized spacial score (nSPS) is 18.5. The van der Waals surface area contributed by atoms with Crippen molar-refractivity contribution in [3.8, 4) is 0 Å². The van der Waals surface area contributed by atoms with Crippen molar-refractivity contribution in [2.45, 2.75) is 51.6 Å². The quantitative estimate of drug-likeness (QED) is 0.618. The van der Waals surface area contributed by atoms with Gasteiger partial charge in [-0.2, -0.15) is 0 Å². The van der Waals surface area contributed by atoms with Gasteiger partial charge in [0.1, 0.15) is 11.8 Å². The van der Waals surface area contributed by atoms with Gasteiger partial charge < -0.3 is 15.3 Å². The first kappa shape index (κ1) is 14.6. The van der Waals surface area contributed by atoms with Crippen molar-refractivity contribution in [2.75, 3.05) is 0 Å². The lowest BCUT2D eigenvalue weighted by Gasteiger charge is -2.27. The fourth-order valence-electron chi connectivity index (χ4n) is 1.90. The molecule has 0 aromatic heterocycles. The maximum Gasteiger partial charge on any atom is 0.321 e. The van der Waals surface area contributed by atoms with Gasteiger partial charge in [-0.15, -0.1) is 0 Å². The van der Waals surface area contributed by atoms with Gasteiger partial charge in [0.2, 0.25) is 0 Å². The summed E-state index contributed by atoms with van der Waals surface area (Å²) in [5, 5.41) is 30.9. The van der Waals surface area contributed by atoms with E-state index in [0.29, 0.717) is 19.3 Å². The number of carboxylic acid groups (broad SMARTS) is 1. The SMILES string of the molecule is CC(C)(C)N[C@@H](CC1=CC(O)=C(O)CC1)C(=O)O. The van der Waals surface area contributed by atoms with Gasteiger partial charge >= 0.3 is 5.97 Å². The molecule has 5 heteroatoms. The molecule has 102 valence electrons. The van der Waals surface area contributed by atoms with Gasteiger partial charge in [0.05, 0.1) is 0 Å². The first-order valence-corrected chi connectivity index (χ1v) is 6.00. The van der Waals surface area contributed by atoms with E-state index in [1.54, 1.807) is 0 Å². The van der Waals surface area contributed by atoms with Crippen LogP contribution in [0, 0.1) is 0 Å². The second-order valence-electron chi connectivity index (χ2n) is 5.62. The number of hydrogen-bond donors (Lipinski definition) is 4. The first-order chi connectivity index (χ1) is 8.19. The number of rotatable bonds is 4. The molecule has 0 fully saturated rings. The van der Waals surface area contributed by atoms with E-state index < -0.39 is 12.0 Å². The Labute approximate surface area is 107 Å². The molecule has 1 atom stereocenters. The molecule has 18 heavy (non-hydrogen) atoms. The number of hydrogen-bond acceptors (Lipinski definition) is 4. The molecule has 0 unspecified atom stereocenters. The second-order valence-corrected chi connectivity index (χ2v) is 5.62. The van der Waals surface area contributed by atoms with Gasteiger partial charge in [-0.3, -0.25) is 10.1 Å². The summed E-state index contributed by atoms with van der Waals surface area (Å²) in [6, 6.07) is -0.690. The molecule has 0 bridgehead atoms. The Kier molecular flexibility index (Phi) is 4.40. The number of nitrogens with one attached hydrogen (secondary N) is 1. The van der Waals surface area contributed by atoms with Crippen LogP contribution >= 0.6 is 0 Å². The Morgan fingerprint density at radius 1 is 1.39 bits per heavy atom. The lowest BCUT2D eigenvalue weighted by atomic mass is 9.95. The molecule has 0 aliphatic heterocycles. The zero-order chi connectivity index (χ0) is 13.9. The molecule has 0 spiro atoms. The Balaban J connectivity index is 2.74. The smallest absolute Gasteiger partial charge is 0.321 e. The Morgan fingerprint density at radius 3 is 2.44 bits per heavy atom. The lowest BCUT2D eigenvalue weighted by molar-refractivity contribution is -0.140. The van der Waals surface area contributed by atoms with Crippen LogP contribution in [0.5, 0.6) is 0 Å². The van der Waals surface area contributed by atoms with Crippen molar-refractivity contribution in [1.82, 2.24) is 5.32 Å². The van der Waals surface area contributed by atoms with Crippen LogP contribution in [0.15, 0.2) is 23.2 Å². The summed E-state index contributed by atoms with van der Waals surface area (Å²) in [6.07, 6.45) is 2.72. The lowest BCUT2D eigenvalue weighted by Crippen LogP contribution is -2.47. The van der Waals surface area contributed by atoms with E-state index in [9.17, 15) is 20.1 Å². The molecule has 1 aliphatic rings. The number of carboxylic acids is 1. The third-order valence-corrected chi connectivity index (χ3v) is 2.69. The molecule has 0 radical (unpaired) electrons. The van der Waals surface area contributed by atoms with E-state index in [4.69, 9.17) is 0 Å². The van der Waals surface area contributed by atoms with Crippen LogP contribution in [-0.2, 0) is 4.79 Å². The van der Waals surface area contributed by atoms with Crippen LogP contribution in [0.1, 0.15) is 40.0 Å². The number of aliphatic hydroxyl groups is 2. The fraction of sp³-hybridized carbons (Fsp3) is 0.615. The monoisotopic (exact) mass is 255 g/mol. The van der Waals surface area contributed by atoms with Crippen LogP contribution < -0.4 is 5.32 Å². The summed E-state index contributed by atoms with van der Waals surface area (Å²) < 4.78 is 0. The Hall–Kier alpha value is -1.49. The highest BCUT2D eigenvalue weighted by atomic mass is 16.4. The van der Waals surface area contributed by atoms with E-state index in [1.807, 2.05) is 20.8 Å². The summed E-state index contributed by atoms with van der Waals surface area (Å²) in [5.41, 5.74) is 0.535. The molecular formula is C13H21NO4. The van der Waals surface area contributed by atoms with E-state index >= 15 is 0 Å². The Bertz CT molecular complexity index is 390. The molecule has 0 heterocycles. The number of aliphatic hydroxyl groups excluding tert-OH is 2. The van der Waals surface area contributed by atoms with Crippen LogP contribution in [0.25, 0.3) is 0 Å². The highest BCUT2D eigenvalue weighted by Gasteiger charge is 2.25. The molecular weight excluding hydrogens is 234 g/mol. The minimum absolute atomic E-state index is 0.0330. The molecule has 0 saturated carbocycles.